The Morgan fingerprint density at radius 1 is 0.184 bits per heavy atom. The van der Waals surface area contributed by atoms with E-state index in [-0.39, 0.29) is 59.4 Å². The van der Waals surface area contributed by atoms with Gasteiger partial charge in [0.15, 0.2) is 0 Å². The molecular weight excluding hydrogens is 2060 g/mol. The fourth-order valence-corrected chi connectivity index (χ4v) is 18.2. The Kier molecular flexibility index (Phi) is 21.9. The molecule has 24 rings (SSSR count). The fraction of sp³-hybridized carbons (Fsp3) is 0.0909. The first kappa shape index (κ1) is 81.9. The van der Waals surface area contributed by atoms with Crippen LogP contribution in [0, 0.1) is 58.2 Å². The molecule has 15 heteroatoms. The topological polar surface area (TPSA) is 38.9 Å². The minimum absolute atomic E-state index is 0. The van der Waals surface area contributed by atoms with E-state index in [1.54, 1.807) is 0 Å². The average Bonchev–Trinajstić information content (AvgIpc) is 1.66. The van der Waals surface area contributed by atoms with Crippen molar-refractivity contribution >= 4 is 189 Å². The molecule has 0 saturated carbocycles. The SMILES string of the molecule is CC(C)c1cc(N2[CH-]N(C)c3ccccc32)[c-]c(N2[CH-]N(C)c3cc4cc5ccccc5cc4cc32)c1.CC(C)c1cc(N2[CH-]N(c3ccccc3)c3ccccc32)[c-]c(N2[CH-]N(c3ccccc3)c3cc4ccccc4cc32)c1.CN1[CH-]N(c2[c-]c(N3[CH-]N(C)c4cc5cc6ccccc6cc5cc43)ccc2)c2cc3cc4ccccc4cc3cc21.[Os].[Os].[Os]. The number of fused-ring (bicyclic) bond motifs is 13. The summed E-state index contributed by atoms with van der Waals surface area (Å²) in [6, 6.07) is 132. The van der Waals surface area contributed by atoms with E-state index in [1.807, 2.05) is 0 Å². The van der Waals surface area contributed by atoms with Crippen LogP contribution >= 0.6 is 0 Å². The van der Waals surface area contributed by atoms with Crippen molar-refractivity contribution in [3.8, 4) is 0 Å². The third-order valence-electron chi connectivity index (χ3n) is 24.7. The number of anilines is 20. The molecule has 0 bridgehead atoms. The standard InChI is InChI=1S/C39H31N4.C38H27N4.C33H29N4.3Os/c1-28(2)31-21-34(42-26-40(32-15-5-3-6-16-32)36-19-11-12-20-37(36)42)25-35(22-31)43-27-41(33-17-7-4-8-18-33)38-23-29-13-9-10-14-30(29)24-39(38)43;1-39-23-41(37-20-31-16-27-10-5-3-8-25(27)14-29(31)18-35(37)39)33-12-7-13-34(22-33)42-24-40(2)36-19-30-15-26-9-4-6-11-28(26)17-32(30)21-38(36)42;1-22(2)25-15-28(36-20-34(3)30-11-7-8-12-31(30)36)19-29(16-25)37-21-35(4)32-17-26-13-23-9-5-6-10-24(23)14-27(26)18-33(32)37;;;/h3-24,26-28H,1-2H3;3-21,23-24H,1-2H3;5-18,20-22H,1-4H3;;;/q3*-3;;;. The van der Waals surface area contributed by atoms with Crippen LogP contribution in [0.2, 0.25) is 0 Å². The van der Waals surface area contributed by atoms with E-state index in [1.165, 1.54) is 121 Å². The average molecular weight is 2150 g/mol. The number of hydrogen-bond acceptors (Lipinski definition) is 12. The second-order valence-corrected chi connectivity index (χ2v) is 33.2. The normalized spacial score (nSPS) is 14.1. The summed E-state index contributed by atoms with van der Waals surface area (Å²) in [6.45, 7) is 22.1. The first-order valence-corrected chi connectivity index (χ1v) is 41.9. The maximum atomic E-state index is 3.83. The molecule has 18 aromatic carbocycles. The van der Waals surface area contributed by atoms with Crippen LogP contribution in [-0.2, 0) is 59.4 Å². The smallest absolute Gasteiger partial charge is 0.0351 e. The molecule has 0 radical (unpaired) electrons. The van der Waals surface area contributed by atoms with Crippen molar-refractivity contribution in [3.63, 3.8) is 0 Å². The Bertz CT molecular complexity index is 7030. The Hall–Kier alpha value is -12.7. The van der Waals surface area contributed by atoms with Crippen LogP contribution in [0.4, 0.5) is 114 Å². The van der Waals surface area contributed by atoms with Gasteiger partial charge in [0.1, 0.15) is 0 Å². The molecule has 6 aliphatic rings. The van der Waals surface area contributed by atoms with Crippen molar-refractivity contribution in [1.29, 1.82) is 0 Å². The van der Waals surface area contributed by atoms with Crippen molar-refractivity contribution in [2.24, 2.45) is 0 Å². The van der Waals surface area contributed by atoms with Crippen molar-refractivity contribution in [2.75, 3.05) is 87.0 Å². The molecule has 0 N–H and O–H groups in total. The van der Waals surface area contributed by atoms with Gasteiger partial charge in [-0.3, -0.25) is 0 Å². The van der Waals surface area contributed by atoms with Gasteiger partial charge in [-0.15, -0.1) is 102 Å². The molecule has 620 valence electrons. The molecular formula is C110H87N12Os3-9. The number of rotatable bonds is 10. The Morgan fingerprint density at radius 3 is 0.744 bits per heavy atom. The second-order valence-electron chi connectivity index (χ2n) is 33.2. The largest absolute Gasteiger partial charge is 0.504 e. The van der Waals surface area contributed by atoms with Gasteiger partial charge in [0, 0.05) is 139 Å². The fourth-order valence-electron chi connectivity index (χ4n) is 18.2. The summed E-state index contributed by atoms with van der Waals surface area (Å²) in [5.74, 6) is 0.740. The van der Waals surface area contributed by atoms with Crippen molar-refractivity contribution in [3.05, 3.63) is 403 Å². The first-order chi connectivity index (χ1) is 59.7. The summed E-state index contributed by atoms with van der Waals surface area (Å²) in [7, 11) is 8.45. The molecule has 0 atom stereocenters. The molecule has 6 aliphatic heterocycles. The van der Waals surface area contributed by atoms with Gasteiger partial charge in [-0.25, -0.2) is 0 Å². The molecule has 0 fully saturated rings. The van der Waals surface area contributed by atoms with Gasteiger partial charge in [-0.1, -0.05) is 185 Å². The third kappa shape index (κ3) is 14.8. The van der Waals surface area contributed by atoms with E-state index in [0.717, 1.165) is 79.6 Å². The van der Waals surface area contributed by atoms with Crippen LogP contribution in [0.3, 0.4) is 0 Å². The molecule has 0 amide bonds. The number of hydrogen-bond donors (Lipinski definition) is 0. The summed E-state index contributed by atoms with van der Waals surface area (Å²) < 4.78 is 0. The van der Waals surface area contributed by atoms with Crippen molar-refractivity contribution in [2.45, 2.75) is 39.5 Å². The van der Waals surface area contributed by atoms with E-state index in [9.17, 15) is 0 Å². The van der Waals surface area contributed by atoms with E-state index in [0.29, 0.717) is 11.8 Å². The van der Waals surface area contributed by atoms with Gasteiger partial charge < -0.3 is 58.8 Å². The molecule has 12 nitrogen and oxygen atoms in total. The second kappa shape index (κ2) is 33.4. The summed E-state index contributed by atoms with van der Waals surface area (Å²) in [5, 5.41) is 17.5. The Balaban J connectivity index is 0.000000122. The minimum Gasteiger partial charge on any atom is -0.504 e. The predicted octanol–water partition coefficient (Wildman–Crippen LogP) is 28.4. The van der Waals surface area contributed by atoms with Crippen LogP contribution in [-0.4, -0.2) is 28.2 Å². The third-order valence-corrected chi connectivity index (χ3v) is 24.7. The van der Waals surface area contributed by atoms with Crippen molar-refractivity contribution in [1.82, 2.24) is 0 Å². The molecule has 6 heterocycles. The first-order valence-electron chi connectivity index (χ1n) is 41.9. The molecule has 125 heavy (non-hydrogen) atoms. The summed E-state index contributed by atoms with van der Waals surface area (Å²) in [5.41, 5.74) is 25.0. The van der Waals surface area contributed by atoms with Gasteiger partial charge in [0.25, 0.3) is 0 Å². The van der Waals surface area contributed by atoms with Gasteiger partial charge in [-0.05, 0) is 249 Å². The van der Waals surface area contributed by atoms with Gasteiger partial charge in [0.05, 0.1) is 0 Å². The van der Waals surface area contributed by atoms with Crippen LogP contribution < -0.4 is 58.8 Å². The van der Waals surface area contributed by atoms with E-state index < -0.39 is 0 Å². The van der Waals surface area contributed by atoms with E-state index in [2.05, 4.69) is 507 Å². The number of nitrogens with zero attached hydrogens (tertiary/aromatic N) is 12. The molecule has 0 saturated heterocycles. The number of para-hydroxylation sites is 6. The zero-order valence-corrected chi connectivity index (χ0v) is 77.9. The summed E-state index contributed by atoms with van der Waals surface area (Å²) in [6.07, 6.45) is 0. The van der Waals surface area contributed by atoms with Gasteiger partial charge in [0.2, 0.25) is 0 Å². The maximum Gasteiger partial charge on any atom is 0.0351 e. The zero-order valence-electron chi connectivity index (χ0n) is 70.3. The zero-order chi connectivity index (χ0) is 82.1. The predicted molar refractivity (Wildman–Crippen MR) is 515 cm³/mol. The number of benzene rings is 18. The summed E-state index contributed by atoms with van der Waals surface area (Å²) >= 11 is 0. The van der Waals surface area contributed by atoms with Gasteiger partial charge in [-0.2, -0.15) is 43.9 Å². The molecule has 0 unspecified atom stereocenters. The molecule has 0 aliphatic carbocycles. The van der Waals surface area contributed by atoms with E-state index in [4.69, 9.17) is 0 Å². The van der Waals surface area contributed by atoms with Crippen LogP contribution in [0.5, 0.6) is 0 Å². The molecule has 0 spiro atoms. The van der Waals surface area contributed by atoms with Crippen LogP contribution in [0.25, 0.3) is 75.4 Å². The maximum absolute atomic E-state index is 3.83. The van der Waals surface area contributed by atoms with Crippen LogP contribution in [0.15, 0.2) is 334 Å². The monoisotopic (exact) mass is 2150 g/mol. The quantitative estimate of drug-likeness (QED) is 0.0967. The van der Waals surface area contributed by atoms with Crippen molar-refractivity contribution < 1.29 is 59.4 Å². The molecule has 0 aromatic heterocycles. The minimum atomic E-state index is 0. The Labute approximate surface area is 771 Å². The molecule has 18 aromatic rings. The van der Waals surface area contributed by atoms with Crippen LogP contribution in [0.1, 0.15) is 50.7 Å². The van der Waals surface area contributed by atoms with E-state index >= 15 is 0 Å². The van der Waals surface area contributed by atoms with Gasteiger partial charge >= 0.3 is 0 Å². The Morgan fingerprint density at radius 2 is 0.400 bits per heavy atom. The summed E-state index contributed by atoms with van der Waals surface area (Å²) in [4.78, 5) is 26.9.